The minimum atomic E-state index is -4.77. The third kappa shape index (κ3) is 8.72. The van der Waals surface area contributed by atoms with Crippen molar-refractivity contribution in [1.82, 2.24) is 9.80 Å². The van der Waals surface area contributed by atoms with Gasteiger partial charge < -0.3 is 15.0 Å². The molecule has 2 atom stereocenters. The first-order valence-electron chi connectivity index (χ1n) is 9.62. The molecule has 29 heavy (non-hydrogen) atoms. The van der Waals surface area contributed by atoms with E-state index in [2.05, 4.69) is 10.1 Å². The first-order chi connectivity index (χ1) is 13.5. The fourth-order valence-electron chi connectivity index (χ4n) is 2.87. The quantitative estimate of drug-likeness (QED) is 0.628. The van der Waals surface area contributed by atoms with Crippen molar-refractivity contribution in [3.8, 4) is 5.75 Å². The molecule has 0 aliphatic heterocycles. The summed E-state index contributed by atoms with van der Waals surface area (Å²) in [7, 11) is 1.67. The molecule has 0 radical (unpaired) electrons. The second-order valence-electron chi connectivity index (χ2n) is 7.11. The maximum absolute atomic E-state index is 12.7. The van der Waals surface area contributed by atoms with Gasteiger partial charge in [-0.3, -0.25) is 14.5 Å². The average Bonchev–Trinajstić information content (AvgIpc) is 2.61. The number of nitrogens with zero attached hydrogens (tertiary/aromatic N) is 2. The summed E-state index contributed by atoms with van der Waals surface area (Å²) in [6.45, 7) is 8.12. The van der Waals surface area contributed by atoms with Crippen molar-refractivity contribution >= 4 is 17.5 Å². The zero-order chi connectivity index (χ0) is 22.2. The van der Waals surface area contributed by atoms with Crippen LogP contribution >= 0.6 is 0 Å². The van der Waals surface area contributed by atoms with Gasteiger partial charge in [-0.1, -0.05) is 13.8 Å². The van der Waals surface area contributed by atoms with Crippen LogP contribution < -0.4 is 10.1 Å². The SMILES string of the molecule is CC[C@@H](C)N(C(=O)CN(C)CC(=O)Nc1ccc(OC(F)(F)F)cc1)[C@H](C)CC. The number of carbonyl (C=O) groups is 2. The topological polar surface area (TPSA) is 61.9 Å². The second-order valence-corrected chi connectivity index (χ2v) is 7.11. The maximum atomic E-state index is 12.7. The summed E-state index contributed by atoms with van der Waals surface area (Å²) < 4.78 is 40.3. The Morgan fingerprint density at radius 3 is 2.00 bits per heavy atom. The summed E-state index contributed by atoms with van der Waals surface area (Å²) >= 11 is 0. The number of benzene rings is 1. The molecule has 2 amide bonds. The molecule has 0 unspecified atom stereocenters. The van der Waals surface area contributed by atoms with E-state index in [-0.39, 0.29) is 42.7 Å². The number of rotatable bonds is 10. The minimum Gasteiger partial charge on any atom is -0.406 e. The van der Waals surface area contributed by atoms with Crippen molar-refractivity contribution in [2.24, 2.45) is 0 Å². The van der Waals surface area contributed by atoms with Gasteiger partial charge in [-0.25, -0.2) is 0 Å². The third-order valence-electron chi connectivity index (χ3n) is 4.61. The molecule has 164 valence electrons. The zero-order valence-corrected chi connectivity index (χ0v) is 17.5. The molecule has 1 rings (SSSR count). The maximum Gasteiger partial charge on any atom is 0.573 e. The van der Waals surface area contributed by atoms with Gasteiger partial charge in [-0.15, -0.1) is 13.2 Å². The van der Waals surface area contributed by atoms with Gasteiger partial charge in [0.2, 0.25) is 11.8 Å². The predicted molar refractivity (Wildman–Crippen MR) is 106 cm³/mol. The van der Waals surface area contributed by atoms with E-state index in [1.54, 1.807) is 11.9 Å². The molecule has 1 N–H and O–H groups in total. The molecule has 0 heterocycles. The smallest absolute Gasteiger partial charge is 0.406 e. The summed E-state index contributed by atoms with van der Waals surface area (Å²) in [5.41, 5.74) is 0.338. The Labute approximate surface area is 170 Å². The fourth-order valence-corrected chi connectivity index (χ4v) is 2.87. The van der Waals surface area contributed by atoms with E-state index in [0.29, 0.717) is 5.69 Å². The number of anilines is 1. The molecular formula is C20H30F3N3O3. The van der Waals surface area contributed by atoms with Crippen LogP contribution in [0.1, 0.15) is 40.5 Å². The van der Waals surface area contributed by atoms with Crippen molar-refractivity contribution in [3.63, 3.8) is 0 Å². The lowest BCUT2D eigenvalue weighted by Gasteiger charge is -2.35. The highest BCUT2D eigenvalue weighted by Crippen LogP contribution is 2.23. The Balaban J connectivity index is 2.60. The van der Waals surface area contributed by atoms with Crippen LogP contribution in [0, 0.1) is 0 Å². The molecule has 0 aromatic heterocycles. The largest absolute Gasteiger partial charge is 0.573 e. The first kappa shape index (κ1) is 24.7. The molecule has 0 aliphatic carbocycles. The number of carbonyl (C=O) groups excluding carboxylic acids is 2. The molecule has 0 fully saturated rings. The van der Waals surface area contributed by atoms with Gasteiger partial charge in [0.25, 0.3) is 0 Å². The summed E-state index contributed by atoms with van der Waals surface area (Å²) in [6, 6.07) is 5.09. The Kier molecular flexibility index (Phi) is 9.42. The molecule has 0 aliphatic rings. The van der Waals surface area contributed by atoms with Gasteiger partial charge in [0.1, 0.15) is 5.75 Å². The lowest BCUT2D eigenvalue weighted by molar-refractivity contribution is -0.274. The van der Waals surface area contributed by atoms with E-state index in [4.69, 9.17) is 0 Å². The average molecular weight is 417 g/mol. The number of ether oxygens (including phenoxy) is 1. The molecule has 1 aromatic carbocycles. The van der Waals surface area contributed by atoms with Crippen LogP contribution in [0.4, 0.5) is 18.9 Å². The van der Waals surface area contributed by atoms with Gasteiger partial charge in [0.05, 0.1) is 13.1 Å². The zero-order valence-electron chi connectivity index (χ0n) is 17.5. The van der Waals surface area contributed by atoms with Crippen LogP contribution in [0.2, 0.25) is 0 Å². The van der Waals surface area contributed by atoms with Gasteiger partial charge >= 0.3 is 6.36 Å². The highest BCUT2D eigenvalue weighted by atomic mass is 19.4. The monoisotopic (exact) mass is 417 g/mol. The second kappa shape index (κ2) is 11.0. The number of nitrogens with one attached hydrogen (secondary N) is 1. The van der Waals surface area contributed by atoms with Gasteiger partial charge in [0.15, 0.2) is 0 Å². The van der Waals surface area contributed by atoms with E-state index in [0.717, 1.165) is 25.0 Å². The van der Waals surface area contributed by atoms with Crippen LogP contribution in [-0.4, -0.2) is 60.2 Å². The van der Waals surface area contributed by atoms with Gasteiger partial charge in [0, 0.05) is 17.8 Å². The number of hydrogen-bond acceptors (Lipinski definition) is 4. The Morgan fingerprint density at radius 1 is 1.03 bits per heavy atom. The highest BCUT2D eigenvalue weighted by Gasteiger charge is 2.31. The lowest BCUT2D eigenvalue weighted by atomic mass is 10.1. The standard InChI is InChI=1S/C20H30F3N3O3/c1-6-14(3)26(15(4)7-2)19(28)13-25(5)12-18(27)24-16-8-10-17(11-9-16)29-20(21,22)23/h8-11,14-15H,6-7,12-13H2,1-5H3,(H,24,27)/t14-,15-/m1/s1. The number of likely N-dealkylation sites (N-methyl/N-ethyl adjacent to an activating group) is 1. The summed E-state index contributed by atoms with van der Waals surface area (Å²) in [6.07, 6.45) is -3.08. The van der Waals surface area contributed by atoms with Gasteiger partial charge in [-0.2, -0.15) is 0 Å². The minimum absolute atomic E-state index is 0.0264. The molecule has 0 spiro atoms. The molecule has 0 saturated heterocycles. The van der Waals surface area contributed by atoms with Crippen LogP contribution in [0.5, 0.6) is 5.75 Å². The summed E-state index contributed by atoms with van der Waals surface area (Å²) in [5, 5.41) is 2.59. The van der Waals surface area contributed by atoms with E-state index >= 15 is 0 Å². The summed E-state index contributed by atoms with van der Waals surface area (Å²) in [4.78, 5) is 28.3. The molecule has 0 saturated carbocycles. The molecule has 9 heteroatoms. The number of amides is 2. The predicted octanol–water partition coefficient (Wildman–Crippen LogP) is 3.88. The fraction of sp³-hybridized carbons (Fsp3) is 0.600. The van der Waals surface area contributed by atoms with E-state index in [9.17, 15) is 22.8 Å². The van der Waals surface area contributed by atoms with Crippen molar-refractivity contribution in [2.45, 2.75) is 59.0 Å². The first-order valence-corrected chi connectivity index (χ1v) is 9.62. The number of halogens is 3. The molecule has 0 bridgehead atoms. The molecule has 6 nitrogen and oxygen atoms in total. The molecular weight excluding hydrogens is 387 g/mol. The Morgan fingerprint density at radius 2 is 1.55 bits per heavy atom. The lowest BCUT2D eigenvalue weighted by Crippen LogP contribution is -2.49. The van der Waals surface area contributed by atoms with E-state index < -0.39 is 6.36 Å². The van der Waals surface area contributed by atoms with Crippen molar-refractivity contribution in [1.29, 1.82) is 0 Å². The van der Waals surface area contributed by atoms with Crippen LogP contribution in [0.15, 0.2) is 24.3 Å². The van der Waals surface area contributed by atoms with Crippen LogP contribution in [-0.2, 0) is 9.59 Å². The third-order valence-corrected chi connectivity index (χ3v) is 4.61. The molecule has 1 aromatic rings. The van der Waals surface area contributed by atoms with E-state index in [1.165, 1.54) is 12.1 Å². The summed E-state index contributed by atoms with van der Waals surface area (Å²) in [5.74, 6) is -0.783. The Bertz CT molecular complexity index is 655. The van der Waals surface area contributed by atoms with Crippen LogP contribution in [0.25, 0.3) is 0 Å². The normalized spacial score (nSPS) is 13.7. The number of hydrogen-bond donors (Lipinski definition) is 1. The van der Waals surface area contributed by atoms with Crippen LogP contribution in [0.3, 0.4) is 0 Å². The van der Waals surface area contributed by atoms with Crippen molar-refractivity contribution < 1.29 is 27.5 Å². The Hall–Kier alpha value is -2.29. The van der Waals surface area contributed by atoms with Crippen molar-refractivity contribution in [2.75, 3.05) is 25.5 Å². The number of alkyl halides is 3. The van der Waals surface area contributed by atoms with E-state index in [1.807, 2.05) is 32.6 Å². The highest BCUT2D eigenvalue weighted by molar-refractivity contribution is 5.92. The van der Waals surface area contributed by atoms with Crippen molar-refractivity contribution in [3.05, 3.63) is 24.3 Å². The van der Waals surface area contributed by atoms with Gasteiger partial charge in [-0.05, 0) is 58.0 Å².